The molecule has 0 aliphatic rings. The van der Waals surface area contributed by atoms with Crippen LogP contribution < -0.4 is 4.74 Å². The fourth-order valence-corrected chi connectivity index (χ4v) is 1.41. The first-order valence-electron chi connectivity index (χ1n) is 6.15. The van der Waals surface area contributed by atoms with Gasteiger partial charge in [-0.15, -0.1) is 5.10 Å². The molecular formula is C13H28N2O. The molecule has 3 nitrogen and oxygen atoms in total. The van der Waals surface area contributed by atoms with Gasteiger partial charge in [0.1, 0.15) is 0 Å². The molecule has 0 spiro atoms. The first-order valence-corrected chi connectivity index (χ1v) is 6.15. The van der Waals surface area contributed by atoms with Crippen molar-refractivity contribution in [1.29, 1.82) is 0 Å². The van der Waals surface area contributed by atoms with Gasteiger partial charge in [-0.3, -0.25) is 4.68 Å². The van der Waals surface area contributed by atoms with Gasteiger partial charge in [0.2, 0.25) is 5.88 Å². The van der Waals surface area contributed by atoms with Crippen molar-refractivity contribution >= 4 is 0 Å². The molecule has 0 amide bonds. The first-order chi connectivity index (χ1) is 7.57. The fourth-order valence-electron chi connectivity index (χ4n) is 1.41. The quantitative estimate of drug-likeness (QED) is 0.767. The molecule has 0 unspecified atom stereocenters. The van der Waals surface area contributed by atoms with Crippen molar-refractivity contribution in [1.82, 2.24) is 9.78 Å². The number of methoxy groups -OCH3 is 1. The van der Waals surface area contributed by atoms with Gasteiger partial charge in [-0.2, -0.15) is 0 Å². The molecule has 3 heteroatoms. The zero-order chi connectivity index (χ0) is 13.3. The van der Waals surface area contributed by atoms with Crippen LogP contribution in [0.3, 0.4) is 0 Å². The van der Waals surface area contributed by atoms with Gasteiger partial charge in [0.15, 0.2) is 0 Å². The van der Waals surface area contributed by atoms with Gasteiger partial charge in [-0.25, -0.2) is 0 Å². The van der Waals surface area contributed by atoms with Gasteiger partial charge >= 0.3 is 0 Å². The van der Waals surface area contributed by atoms with Gasteiger partial charge in [-0.05, 0) is 12.8 Å². The van der Waals surface area contributed by atoms with Crippen LogP contribution in [0.5, 0.6) is 5.88 Å². The summed E-state index contributed by atoms with van der Waals surface area (Å²) in [7, 11) is 3.59. The Kier molecular flexibility index (Phi) is 10.1. The van der Waals surface area contributed by atoms with Crippen LogP contribution in [0.25, 0.3) is 0 Å². The number of nitrogens with zero attached hydrogens (tertiary/aromatic N) is 2. The van der Waals surface area contributed by atoms with Crippen LogP contribution >= 0.6 is 0 Å². The van der Waals surface area contributed by atoms with E-state index in [1.165, 1.54) is 11.3 Å². The summed E-state index contributed by atoms with van der Waals surface area (Å²) in [5.41, 5.74) is 2.39. The molecule has 0 radical (unpaired) electrons. The molecule has 0 saturated heterocycles. The average molecular weight is 228 g/mol. The smallest absolute Gasteiger partial charge is 0.236 e. The van der Waals surface area contributed by atoms with Crippen LogP contribution in [0.1, 0.15) is 58.7 Å². The second kappa shape index (κ2) is 9.25. The van der Waals surface area contributed by atoms with E-state index in [-0.39, 0.29) is 0 Å². The highest BCUT2D eigenvalue weighted by Gasteiger charge is 2.15. The maximum atomic E-state index is 5.18. The second-order valence-corrected chi connectivity index (χ2v) is 3.29. The third kappa shape index (κ3) is 4.25. The number of aromatic nitrogens is 2. The van der Waals surface area contributed by atoms with Crippen LogP contribution in [0.2, 0.25) is 0 Å². The Morgan fingerprint density at radius 3 is 1.81 bits per heavy atom. The molecule has 0 aliphatic heterocycles. The summed E-state index contributed by atoms with van der Waals surface area (Å²) >= 11 is 0. The number of ether oxygens (including phenoxy) is 1. The van der Waals surface area contributed by atoms with Crippen molar-refractivity contribution in [3.05, 3.63) is 11.3 Å². The van der Waals surface area contributed by atoms with Crippen LogP contribution in [-0.4, -0.2) is 16.9 Å². The third-order valence-electron chi connectivity index (χ3n) is 2.12. The lowest BCUT2D eigenvalue weighted by Crippen LogP contribution is -1.95. The van der Waals surface area contributed by atoms with E-state index in [2.05, 4.69) is 25.9 Å². The largest absolute Gasteiger partial charge is 0.480 e. The molecule has 16 heavy (non-hydrogen) atoms. The summed E-state index contributed by atoms with van der Waals surface area (Å²) in [6.45, 7) is 14.4. The van der Waals surface area contributed by atoms with Crippen molar-refractivity contribution in [3.8, 4) is 5.88 Å². The highest BCUT2D eigenvalue weighted by molar-refractivity contribution is 5.33. The Hall–Kier alpha value is -0.990. The molecule has 0 fully saturated rings. The molecule has 0 aliphatic carbocycles. The Bertz CT molecular complexity index is 278. The SMILES string of the molecule is CC.CC.COc1nn(C)c(C)c1C(C)C. The summed E-state index contributed by atoms with van der Waals surface area (Å²) in [4.78, 5) is 0. The molecule has 1 aromatic heterocycles. The Morgan fingerprint density at radius 1 is 1.12 bits per heavy atom. The fraction of sp³-hybridized carbons (Fsp3) is 0.769. The summed E-state index contributed by atoms with van der Waals surface area (Å²) in [6, 6.07) is 0. The second-order valence-electron chi connectivity index (χ2n) is 3.29. The van der Waals surface area contributed by atoms with Crippen molar-refractivity contribution in [3.63, 3.8) is 0 Å². The molecule has 1 aromatic rings. The van der Waals surface area contributed by atoms with E-state index in [1.54, 1.807) is 7.11 Å². The van der Waals surface area contributed by atoms with Crippen molar-refractivity contribution < 1.29 is 4.74 Å². The zero-order valence-electron chi connectivity index (χ0n) is 12.4. The molecule has 0 bridgehead atoms. The normalized spacial score (nSPS) is 8.88. The summed E-state index contributed by atoms with van der Waals surface area (Å²) in [5, 5.41) is 4.24. The topological polar surface area (TPSA) is 27.1 Å². The van der Waals surface area contributed by atoms with Gasteiger partial charge in [-0.1, -0.05) is 41.5 Å². The van der Waals surface area contributed by atoms with Crippen molar-refractivity contribution in [2.75, 3.05) is 7.11 Å². The molecule has 96 valence electrons. The zero-order valence-corrected chi connectivity index (χ0v) is 12.4. The van der Waals surface area contributed by atoms with Crippen LogP contribution in [0.15, 0.2) is 0 Å². The lowest BCUT2D eigenvalue weighted by molar-refractivity contribution is 0.386. The van der Waals surface area contributed by atoms with Crippen molar-refractivity contribution in [2.45, 2.75) is 54.4 Å². The molecule has 0 N–H and O–H groups in total. The maximum absolute atomic E-state index is 5.18. The lowest BCUT2D eigenvalue weighted by atomic mass is 10.0. The molecule has 1 heterocycles. The Balaban J connectivity index is 0. The van der Waals surface area contributed by atoms with Crippen LogP contribution in [0.4, 0.5) is 0 Å². The van der Waals surface area contributed by atoms with Gasteiger partial charge in [0.25, 0.3) is 0 Å². The van der Waals surface area contributed by atoms with Crippen molar-refractivity contribution in [2.24, 2.45) is 7.05 Å². The molecular weight excluding hydrogens is 200 g/mol. The minimum Gasteiger partial charge on any atom is -0.480 e. The summed E-state index contributed by atoms with van der Waals surface area (Å²) in [5.74, 6) is 1.22. The summed E-state index contributed by atoms with van der Waals surface area (Å²) in [6.07, 6.45) is 0. The number of hydrogen-bond acceptors (Lipinski definition) is 2. The number of rotatable bonds is 2. The molecule has 1 rings (SSSR count). The highest BCUT2D eigenvalue weighted by Crippen LogP contribution is 2.27. The standard InChI is InChI=1S/C9H16N2O.2C2H6/c1-6(2)8-7(3)11(4)10-9(8)12-5;2*1-2/h6H,1-5H3;2*1-2H3. The van der Waals surface area contributed by atoms with E-state index in [0.717, 1.165) is 5.88 Å². The lowest BCUT2D eigenvalue weighted by Gasteiger charge is -2.05. The first kappa shape index (κ1) is 17.4. The number of aryl methyl sites for hydroxylation is 1. The van der Waals surface area contributed by atoms with Gasteiger partial charge in [0, 0.05) is 18.3 Å². The van der Waals surface area contributed by atoms with Gasteiger partial charge in [0.05, 0.1) is 7.11 Å². The van der Waals surface area contributed by atoms with E-state index in [1.807, 2.05) is 39.4 Å². The van der Waals surface area contributed by atoms with E-state index in [9.17, 15) is 0 Å². The number of hydrogen-bond donors (Lipinski definition) is 0. The average Bonchev–Trinajstić information content (AvgIpc) is 2.60. The summed E-state index contributed by atoms with van der Waals surface area (Å²) < 4.78 is 7.03. The predicted molar refractivity (Wildman–Crippen MR) is 71.3 cm³/mol. The predicted octanol–water partition coefficient (Wildman–Crippen LogP) is 3.91. The maximum Gasteiger partial charge on any atom is 0.236 e. The molecule has 0 aromatic carbocycles. The van der Waals surface area contributed by atoms with Crippen LogP contribution in [0, 0.1) is 6.92 Å². The van der Waals surface area contributed by atoms with Crippen LogP contribution in [-0.2, 0) is 7.05 Å². The Labute approximate surface area is 101 Å². The van der Waals surface area contributed by atoms with E-state index in [0.29, 0.717) is 5.92 Å². The minimum absolute atomic E-state index is 0.466. The molecule has 0 saturated carbocycles. The Morgan fingerprint density at radius 2 is 1.56 bits per heavy atom. The third-order valence-corrected chi connectivity index (χ3v) is 2.12. The van der Waals surface area contributed by atoms with E-state index < -0.39 is 0 Å². The minimum atomic E-state index is 0.466. The van der Waals surface area contributed by atoms with Gasteiger partial charge < -0.3 is 4.74 Å². The highest BCUT2D eigenvalue weighted by atomic mass is 16.5. The van der Waals surface area contributed by atoms with E-state index >= 15 is 0 Å². The molecule has 0 atom stereocenters. The van der Waals surface area contributed by atoms with E-state index in [4.69, 9.17) is 4.74 Å². The monoisotopic (exact) mass is 228 g/mol.